The number of Topliss-reactive ketones (excluding diaryl/α,β-unsaturated/α-hetero) is 1. The van der Waals surface area contributed by atoms with Gasteiger partial charge < -0.3 is 4.74 Å². The van der Waals surface area contributed by atoms with Gasteiger partial charge in [-0.15, -0.1) is 0 Å². The Bertz CT molecular complexity index is 890. The highest BCUT2D eigenvalue weighted by Gasteiger charge is 2.20. The van der Waals surface area contributed by atoms with Crippen molar-refractivity contribution in [1.29, 1.82) is 0 Å². The van der Waals surface area contributed by atoms with Gasteiger partial charge in [0.15, 0.2) is 6.10 Å². The second kappa shape index (κ2) is 8.61. The zero-order valence-electron chi connectivity index (χ0n) is 16.3. The second-order valence-corrected chi connectivity index (χ2v) is 7.45. The lowest BCUT2D eigenvalue weighted by Crippen LogP contribution is -2.23. The maximum atomic E-state index is 12.5. The van der Waals surface area contributed by atoms with Gasteiger partial charge in [0.25, 0.3) is 5.69 Å². The highest BCUT2D eigenvalue weighted by Crippen LogP contribution is 2.22. The van der Waals surface area contributed by atoms with Gasteiger partial charge in [0.2, 0.25) is 5.78 Å². The van der Waals surface area contributed by atoms with Crippen molar-refractivity contribution in [3.63, 3.8) is 0 Å². The number of rotatable bonds is 6. The molecule has 0 fully saturated rings. The highest BCUT2D eigenvalue weighted by atomic mass is 16.6. The third-order valence-corrected chi connectivity index (χ3v) is 4.21. The molecule has 0 aliphatic rings. The Morgan fingerprint density at radius 1 is 1.04 bits per heavy atom. The number of ether oxygens (including phenoxy) is 1. The first-order valence-corrected chi connectivity index (χ1v) is 8.86. The molecule has 2 aromatic carbocycles. The third-order valence-electron chi connectivity index (χ3n) is 4.21. The van der Waals surface area contributed by atoms with Gasteiger partial charge in [-0.1, -0.05) is 45.0 Å². The first-order chi connectivity index (χ1) is 13.1. The molecule has 2 rings (SSSR count). The van der Waals surface area contributed by atoms with Crippen LogP contribution in [0, 0.1) is 10.1 Å². The number of non-ortho nitro benzene ring substituents is 1. The van der Waals surface area contributed by atoms with E-state index in [9.17, 15) is 19.7 Å². The zero-order chi connectivity index (χ0) is 20.9. The molecule has 146 valence electrons. The molecular formula is C22H23NO5. The lowest BCUT2D eigenvalue weighted by molar-refractivity contribution is -0.384. The molecule has 6 heteroatoms. The van der Waals surface area contributed by atoms with E-state index in [-0.39, 0.29) is 16.9 Å². The van der Waals surface area contributed by atoms with E-state index in [0.717, 1.165) is 5.56 Å². The smallest absolute Gasteiger partial charge is 0.331 e. The van der Waals surface area contributed by atoms with E-state index in [1.165, 1.54) is 43.3 Å². The molecule has 0 bridgehead atoms. The molecule has 0 aromatic heterocycles. The number of esters is 1. The Morgan fingerprint density at radius 3 is 2.11 bits per heavy atom. The summed E-state index contributed by atoms with van der Waals surface area (Å²) in [6, 6.07) is 13.0. The topological polar surface area (TPSA) is 86.5 Å². The summed E-state index contributed by atoms with van der Waals surface area (Å²) in [6.07, 6.45) is 1.74. The summed E-state index contributed by atoms with van der Waals surface area (Å²) in [7, 11) is 0. The van der Waals surface area contributed by atoms with Crippen LogP contribution in [0.1, 0.15) is 49.2 Å². The summed E-state index contributed by atoms with van der Waals surface area (Å²) in [5.74, 6) is -0.942. The van der Waals surface area contributed by atoms with Crippen LogP contribution in [0.4, 0.5) is 5.69 Å². The van der Waals surface area contributed by atoms with Crippen LogP contribution < -0.4 is 0 Å². The van der Waals surface area contributed by atoms with E-state index in [1.54, 1.807) is 12.1 Å². The average molecular weight is 381 g/mol. The van der Waals surface area contributed by atoms with Crippen LogP contribution in [-0.4, -0.2) is 22.8 Å². The number of nitro groups is 1. The van der Waals surface area contributed by atoms with Crippen LogP contribution in [0.5, 0.6) is 0 Å². The molecule has 0 unspecified atom stereocenters. The van der Waals surface area contributed by atoms with Crippen LogP contribution in [0.15, 0.2) is 54.6 Å². The van der Waals surface area contributed by atoms with Crippen molar-refractivity contribution in [2.45, 2.75) is 39.2 Å². The number of nitro benzene ring substituents is 1. The van der Waals surface area contributed by atoms with E-state index in [0.29, 0.717) is 11.1 Å². The van der Waals surface area contributed by atoms with Crippen molar-refractivity contribution in [3.8, 4) is 0 Å². The maximum Gasteiger partial charge on any atom is 0.331 e. The number of carbonyl (C=O) groups is 2. The van der Waals surface area contributed by atoms with E-state index in [2.05, 4.69) is 20.8 Å². The van der Waals surface area contributed by atoms with Crippen LogP contribution in [0.25, 0.3) is 6.08 Å². The standard InChI is InChI=1S/C22H23NO5/c1-15(21(25)17-8-10-18(11-9-17)22(2,3)4)28-20(24)14-7-16-5-12-19(13-6-16)23(26)27/h5-15H,1-4H3/b14-7+/t15-/m1/s1. The van der Waals surface area contributed by atoms with Crippen LogP contribution in [0.2, 0.25) is 0 Å². The summed E-state index contributed by atoms with van der Waals surface area (Å²) < 4.78 is 5.16. The van der Waals surface area contributed by atoms with E-state index in [4.69, 9.17) is 4.74 Å². The highest BCUT2D eigenvalue weighted by molar-refractivity contribution is 6.01. The molecule has 0 radical (unpaired) electrons. The number of carbonyl (C=O) groups excluding carboxylic acids is 2. The molecule has 2 aromatic rings. The first-order valence-electron chi connectivity index (χ1n) is 8.86. The van der Waals surface area contributed by atoms with Crippen molar-refractivity contribution >= 4 is 23.5 Å². The number of nitrogens with zero attached hydrogens (tertiary/aromatic N) is 1. The Kier molecular flexibility index (Phi) is 6.46. The van der Waals surface area contributed by atoms with Gasteiger partial charge in [-0.2, -0.15) is 0 Å². The van der Waals surface area contributed by atoms with Gasteiger partial charge in [0.1, 0.15) is 0 Å². The molecular weight excluding hydrogens is 358 g/mol. The molecule has 0 saturated heterocycles. The van der Waals surface area contributed by atoms with Crippen molar-refractivity contribution in [1.82, 2.24) is 0 Å². The third kappa shape index (κ3) is 5.61. The van der Waals surface area contributed by atoms with E-state index in [1.807, 2.05) is 12.1 Å². The van der Waals surface area contributed by atoms with Crippen molar-refractivity contribution in [3.05, 3.63) is 81.4 Å². The lowest BCUT2D eigenvalue weighted by atomic mass is 9.86. The van der Waals surface area contributed by atoms with Crippen molar-refractivity contribution < 1.29 is 19.2 Å². The molecule has 0 aliphatic carbocycles. The normalized spacial score (nSPS) is 12.6. The molecule has 0 N–H and O–H groups in total. The Labute approximate surface area is 164 Å². The number of hydrogen-bond acceptors (Lipinski definition) is 5. The minimum Gasteiger partial charge on any atom is -0.451 e. The van der Waals surface area contributed by atoms with Crippen LogP contribution >= 0.6 is 0 Å². The Balaban J connectivity index is 1.97. The van der Waals surface area contributed by atoms with Gasteiger partial charge in [-0.05, 0) is 41.7 Å². The van der Waals surface area contributed by atoms with E-state index >= 15 is 0 Å². The molecule has 0 saturated carbocycles. The van der Waals surface area contributed by atoms with Gasteiger partial charge in [-0.3, -0.25) is 14.9 Å². The van der Waals surface area contributed by atoms with Gasteiger partial charge in [0, 0.05) is 23.8 Å². The zero-order valence-corrected chi connectivity index (χ0v) is 16.3. The van der Waals surface area contributed by atoms with Crippen LogP contribution in [0.3, 0.4) is 0 Å². The summed E-state index contributed by atoms with van der Waals surface area (Å²) in [6.45, 7) is 7.79. The fourth-order valence-electron chi connectivity index (χ4n) is 2.51. The summed E-state index contributed by atoms with van der Waals surface area (Å²) in [4.78, 5) is 34.5. The molecule has 6 nitrogen and oxygen atoms in total. The summed E-state index contributed by atoms with van der Waals surface area (Å²) in [5.41, 5.74) is 2.16. The summed E-state index contributed by atoms with van der Waals surface area (Å²) >= 11 is 0. The Hall–Kier alpha value is -3.28. The number of ketones is 1. The summed E-state index contributed by atoms with van der Waals surface area (Å²) in [5, 5.41) is 10.6. The fraction of sp³-hybridized carbons (Fsp3) is 0.273. The predicted molar refractivity (Wildman–Crippen MR) is 107 cm³/mol. The molecule has 28 heavy (non-hydrogen) atoms. The average Bonchev–Trinajstić information content (AvgIpc) is 2.65. The molecule has 1 atom stereocenters. The largest absolute Gasteiger partial charge is 0.451 e. The fourth-order valence-corrected chi connectivity index (χ4v) is 2.51. The molecule has 0 aliphatic heterocycles. The second-order valence-electron chi connectivity index (χ2n) is 7.45. The molecule has 0 heterocycles. The van der Waals surface area contributed by atoms with Gasteiger partial charge >= 0.3 is 5.97 Å². The van der Waals surface area contributed by atoms with Gasteiger partial charge in [0.05, 0.1) is 4.92 Å². The molecule has 0 spiro atoms. The predicted octanol–water partition coefficient (Wildman–Crippen LogP) is 4.72. The minimum atomic E-state index is -0.922. The molecule has 0 amide bonds. The van der Waals surface area contributed by atoms with Gasteiger partial charge in [-0.25, -0.2) is 4.79 Å². The minimum absolute atomic E-state index is 0.0116. The van der Waals surface area contributed by atoms with Crippen molar-refractivity contribution in [2.75, 3.05) is 0 Å². The van der Waals surface area contributed by atoms with E-state index < -0.39 is 17.0 Å². The van der Waals surface area contributed by atoms with Crippen molar-refractivity contribution in [2.24, 2.45) is 0 Å². The van der Waals surface area contributed by atoms with Crippen LogP contribution in [-0.2, 0) is 14.9 Å². The quantitative estimate of drug-likeness (QED) is 0.238. The number of benzene rings is 2. The maximum absolute atomic E-state index is 12.5. The first kappa shape index (κ1) is 21.0. The monoisotopic (exact) mass is 381 g/mol. The SMILES string of the molecule is C[C@@H](OC(=O)/C=C/c1ccc([N+](=O)[O-])cc1)C(=O)c1ccc(C(C)(C)C)cc1. The Morgan fingerprint density at radius 2 is 1.61 bits per heavy atom. The number of hydrogen-bond donors (Lipinski definition) is 0. The lowest BCUT2D eigenvalue weighted by Gasteiger charge is -2.19.